The molecule has 0 radical (unpaired) electrons. The highest BCUT2D eigenvalue weighted by atomic mass is 32.1. The Bertz CT molecular complexity index is 705. The molecular weight excluding hydrogens is 304 g/mol. The van der Waals surface area contributed by atoms with Crippen LogP contribution in [-0.4, -0.2) is 31.7 Å². The molecule has 8 heteroatoms. The monoisotopic (exact) mass is 322 g/mol. The number of rotatable bonds is 5. The molecule has 1 atom stereocenters. The number of nitrogens with one attached hydrogen (secondary N) is 1. The van der Waals surface area contributed by atoms with Crippen molar-refractivity contribution in [3.8, 4) is 0 Å². The molecule has 2 rings (SSSR count). The van der Waals surface area contributed by atoms with Crippen molar-refractivity contribution in [1.29, 1.82) is 0 Å². The van der Waals surface area contributed by atoms with Gasteiger partial charge in [-0.25, -0.2) is 9.78 Å². The van der Waals surface area contributed by atoms with Gasteiger partial charge < -0.3 is 10.4 Å². The summed E-state index contributed by atoms with van der Waals surface area (Å²) in [4.78, 5) is 27.6. The van der Waals surface area contributed by atoms with E-state index >= 15 is 0 Å². The van der Waals surface area contributed by atoms with Crippen molar-refractivity contribution in [2.24, 2.45) is 0 Å². The van der Waals surface area contributed by atoms with Crippen LogP contribution >= 0.6 is 11.3 Å². The summed E-state index contributed by atoms with van der Waals surface area (Å²) in [6.07, 6.45) is 1.75. The SMILES string of the molecule is Cc1nc(C(C)NC(=O)c2ccn(C(C)C)n2)sc1C(=O)O. The lowest BCUT2D eigenvalue weighted by atomic mass is 10.3. The van der Waals surface area contributed by atoms with Crippen molar-refractivity contribution in [2.45, 2.75) is 39.8 Å². The fraction of sp³-hybridized carbons (Fsp3) is 0.429. The smallest absolute Gasteiger partial charge is 0.347 e. The predicted molar refractivity (Wildman–Crippen MR) is 82.3 cm³/mol. The van der Waals surface area contributed by atoms with Crippen molar-refractivity contribution in [2.75, 3.05) is 0 Å². The maximum absolute atomic E-state index is 12.2. The van der Waals surface area contributed by atoms with Gasteiger partial charge in [0.1, 0.15) is 15.6 Å². The van der Waals surface area contributed by atoms with Crippen molar-refractivity contribution < 1.29 is 14.7 Å². The van der Waals surface area contributed by atoms with Crippen molar-refractivity contribution in [3.05, 3.63) is 33.5 Å². The molecule has 0 saturated heterocycles. The van der Waals surface area contributed by atoms with Crippen LogP contribution in [0, 0.1) is 6.92 Å². The van der Waals surface area contributed by atoms with Gasteiger partial charge in [0.15, 0.2) is 0 Å². The van der Waals surface area contributed by atoms with Gasteiger partial charge in [-0.3, -0.25) is 9.48 Å². The number of aromatic carboxylic acids is 1. The molecule has 0 aliphatic heterocycles. The van der Waals surface area contributed by atoms with E-state index in [1.807, 2.05) is 13.8 Å². The number of carboxylic acid groups (broad SMARTS) is 1. The molecule has 2 heterocycles. The number of hydrogen-bond acceptors (Lipinski definition) is 5. The fourth-order valence-corrected chi connectivity index (χ4v) is 2.79. The number of amides is 1. The number of nitrogens with zero attached hydrogens (tertiary/aromatic N) is 3. The van der Waals surface area contributed by atoms with Crippen LogP contribution in [0.2, 0.25) is 0 Å². The van der Waals surface area contributed by atoms with Crippen LogP contribution in [-0.2, 0) is 0 Å². The molecule has 7 nitrogen and oxygen atoms in total. The quantitative estimate of drug-likeness (QED) is 0.881. The molecular formula is C14H18N4O3S. The van der Waals surface area contributed by atoms with Gasteiger partial charge >= 0.3 is 5.97 Å². The molecule has 0 aliphatic rings. The number of aryl methyl sites for hydroxylation is 1. The first kappa shape index (κ1) is 16.2. The molecule has 0 aromatic carbocycles. The van der Waals surface area contributed by atoms with Gasteiger partial charge in [0.2, 0.25) is 0 Å². The summed E-state index contributed by atoms with van der Waals surface area (Å²) in [5, 5.41) is 16.6. The van der Waals surface area contributed by atoms with Gasteiger partial charge in [0.25, 0.3) is 5.91 Å². The molecule has 2 N–H and O–H groups in total. The molecule has 0 aliphatic carbocycles. The molecule has 2 aromatic heterocycles. The number of carbonyl (C=O) groups is 2. The average Bonchev–Trinajstić information content (AvgIpc) is 3.04. The van der Waals surface area contributed by atoms with E-state index in [0.29, 0.717) is 16.4 Å². The highest BCUT2D eigenvalue weighted by molar-refractivity contribution is 7.13. The van der Waals surface area contributed by atoms with Crippen LogP contribution in [0.1, 0.15) is 63.7 Å². The molecule has 0 fully saturated rings. The lowest BCUT2D eigenvalue weighted by molar-refractivity contribution is 0.0701. The van der Waals surface area contributed by atoms with Crippen LogP contribution < -0.4 is 5.32 Å². The number of carbonyl (C=O) groups excluding carboxylic acids is 1. The van der Waals surface area contributed by atoms with Crippen LogP contribution in [0.15, 0.2) is 12.3 Å². The van der Waals surface area contributed by atoms with Gasteiger partial charge in [0.05, 0.1) is 11.7 Å². The summed E-state index contributed by atoms with van der Waals surface area (Å²) >= 11 is 1.07. The zero-order chi connectivity index (χ0) is 16.4. The summed E-state index contributed by atoms with van der Waals surface area (Å²) in [6, 6.07) is 1.45. The number of aromatic nitrogens is 3. The van der Waals surface area contributed by atoms with Gasteiger partial charge in [-0.1, -0.05) is 0 Å². The van der Waals surface area contributed by atoms with E-state index in [-0.39, 0.29) is 22.9 Å². The fourth-order valence-electron chi connectivity index (χ4n) is 1.88. The average molecular weight is 322 g/mol. The van der Waals surface area contributed by atoms with E-state index in [1.165, 1.54) is 0 Å². The summed E-state index contributed by atoms with van der Waals surface area (Å²) in [7, 11) is 0. The van der Waals surface area contributed by atoms with E-state index in [4.69, 9.17) is 5.11 Å². The Hall–Kier alpha value is -2.22. The van der Waals surface area contributed by atoms with E-state index in [1.54, 1.807) is 30.8 Å². The molecule has 0 bridgehead atoms. The largest absolute Gasteiger partial charge is 0.477 e. The Morgan fingerprint density at radius 3 is 2.55 bits per heavy atom. The van der Waals surface area contributed by atoms with E-state index in [2.05, 4.69) is 15.4 Å². The topological polar surface area (TPSA) is 97.1 Å². The van der Waals surface area contributed by atoms with E-state index < -0.39 is 5.97 Å². The first-order chi connectivity index (χ1) is 10.3. The lowest BCUT2D eigenvalue weighted by Gasteiger charge is -2.10. The number of carboxylic acids is 1. The Morgan fingerprint density at radius 1 is 1.36 bits per heavy atom. The predicted octanol–water partition coefficient (Wildman–Crippen LogP) is 2.42. The lowest BCUT2D eigenvalue weighted by Crippen LogP contribution is -2.27. The molecule has 0 saturated carbocycles. The van der Waals surface area contributed by atoms with Crippen LogP contribution in [0.4, 0.5) is 0 Å². The maximum atomic E-state index is 12.2. The molecule has 1 amide bonds. The number of hydrogen-bond donors (Lipinski definition) is 2. The highest BCUT2D eigenvalue weighted by Crippen LogP contribution is 2.23. The minimum Gasteiger partial charge on any atom is -0.477 e. The highest BCUT2D eigenvalue weighted by Gasteiger charge is 2.20. The van der Waals surface area contributed by atoms with Crippen molar-refractivity contribution in [1.82, 2.24) is 20.1 Å². The first-order valence-corrected chi connectivity index (χ1v) is 7.68. The Kier molecular flexibility index (Phi) is 4.60. The third-order valence-electron chi connectivity index (χ3n) is 3.10. The minimum atomic E-state index is -1.00. The molecule has 118 valence electrons. The van der Waals surface area contributed by atoms with Gasteiger partial charge in [0, 0.05) is 12.2 Å². The van der Waals surface area contributed by atoms with E-state index in [0.717, 1.165) is 11.3 Å². The van der Waals surface area contributed by atoms with Gasteiger partial charge in [-0.2, -0.15) is 5.10 Å². The van der Waals surface area contributed by atoms with Crippen LogP contribution in [0.5, 0.6) is 0 Å². The Balaban J connectivity index is 2.10. The first-order valence-electron chi connectivity index (χ1n) is 6.86. The summed E-state index contributed by atoms with van der Waals surface area (Å²) < 4.78 is 1.70. The Morgan fingerprint density at radius 2 is 2.05 bits per heavy atom. The maximum Gasteiger partial charge on any atom is 0.347 e. The molecule has 1 unspecified atom stereocenters. The molecule has 22 heavy (non-hydrogen) atoms. The van der Waals surface area contributed by atoms with Gasteiger partial charge in [-0.05, 0) is 33.8 Å². The normalized spacial score (nSPS) is 12.4. The van der Waals surface area contributed by atoms with Crippen LogP contribution in [0.3, 0.4) is 0 Å². The summed E-state index contributed by atoms with van der Waals surface area (Å²) in [5.41, 5.74) is 0.782. The van der Waals surface area contributed by atoms with Crippen LogP contribution in [0.25, 0.3) is 0 Å². The summed E-state index contributed by atoms with van der Waals surface area (Å²) in [5.74, 6) is -1.31. The zero-order valence-electron chi connectivity index (χ0n) is 12.8. The van der Waals surface area contributed by atoms with Crippen molar-refractivity contribution >= 4 is 23.2 Å². The second-order valence-corrected chi connectivity index (χ2v) is 6.27. The molecule has 0 spiro atoms. The summed E-state index contributed by atoms with van der Waals surface area (Å²) in [6.45, 7) is 7.36. The third kappa shape index (κ3) is 3.33. The van der Waals surface area contributed by atoms with E-state index in [9.17, 15) is 9.59 Å². The Labute approximate surface area is 132 Å². The van der Waals surface area contributed by atoms with Crippen molar-refractivity contribution in [3.63, 3.8) is 0 Å². The number of thiazole rings is 1. The van der Waals surface area contributed by atoms with Gasteiger partial charge in [-0.15, -0.1) is 11.3 Å². The molecule has 2 aromatic rings. The third-order valence-corrected chi connectivity index (χ3v) is 4.42. The second-order valence-electron chi connectivity index (χ2n) is 5.24. The minimum absolute atomic E-state index is 0.179. The zero-order valence-corrected chi connectivity index (χ0v) is 13.6. The second kappa shape index (κ2) is 6.27. The standard InChI is InChI=1S/C14H18N4O3S/c1-7(2)18-6-5-10(17-18)12(19)15-9(4)13-16-8(3)11(22-13)14(20)21/h5-7,9H,1-4H3,(H,15,19)(H,20,21).